The van der Waals surface area contributed by atoms with Gasteiger partial charge in [0.2, 0.25) is 11.8 Å². The monoisotopic (exact) mass is 402 g/mol. The van der Waals surface area contributed by atoms with Gasteiger partial charge in [0.15, 0.2) is 6.73 Å². The average molecular weight is 402 g/mol. The van der Waals surface area contributed by atoms with Crippen LogP contribution in [0.1, 0.15) is 33.6 Å². The molecule has 0 radical (unpaired) electrons. The summed E-state index contributed by atoms with van der Waals surface area (Å²) in [6.07, 6.45) is -0.120. The van der Waals surface area contributed by atoms with Crippen LogP contribution in [0.2, 0.25) is 0 Å². The van der Waals surface area contributed by atoms with E-state index in [0.29, 0.717) is 4.90 Å². The van der Waals surface area contributed by atoms with Gasteiger partial charge in [0.1, 0.15) is 12.6 Å². The largest absolute Gasteiger partial charge is 0.442 e. The number of esters is 1. The Balaban J connectivity index is 1.68. The van der Waals surface area contributed by atoms with Gasteiger partial charge in [-0.1, -0.05) is 12.1 Å². The lowest BCUT2D eigenvalue weighted by Crippen LogP contribution is -2.56. The molecule has 0 aromatic heterocycles. The minimum atomic E-state index is -1.17. The van der Waals surface area contributed by atoms with Crippen molar-refractivity contribution >= 4 is 35.5 Å². The van der Waals surface area contributed by atoms with Crippen LogP contribution in [0.4, 0.5) is 0 Å². The molecule has 29 heavy (non-hydrogen) atoms. The van der Waals surface area contributed by atoms with Gasteiger partial charge in [-0.3, -0.25) is 33.7 Å². The number of carbonyl (C=O) groups is 6. The first-order valence-electron chi connectivity index (χ1n) is 8.78. The van der Waals surface area contributed by atoms with Gasteiger partial charge in [0.05, 0.1) is 17.7 Å². The third-order valence-corrected chi connectivity index (χ3v) is 4.59. The quantitative estimate of drug-likeness (QED) is 0.424. The molecule has 11 heteroatoms. The Bertz CT molecular complexity index is 878. The maximum atomic E-state index is 12.8. The molecule has 1 atom stereocenters. The van der Waals surface area contributed by atoms with Crippen molar-refractivity contribution in [3.8, 4) is 0 Å². The Hall–Kier alpha value is -3.60. The van der Waals surface area contributed by atoms with Crippen molar-refractivity contribution in [3.63, 3.8) is 0 Å². The smallest absolute Gasteiger partial charge is 0.327 e. The number of amides is 5. The van der Waals surface area contributed by atoms with E-state index in [9.17, 15) is 28.8 Å². The van der Waals surface area contributed by atoms with E-state index in [-0.39, 0.29) is 30.5 Å². The number of nitrogens with zero attached hydrogens (tertiary/aromatic N) is 2. The molecular weight excluding hydrogens is 384 g/mol. The molecule has 1 saturated heterocycles. The molecule has 0 aliphatic carbocycles. The molecule has 1 unspecified atom stereocenters. The Kier molecular flexibility index (Phi) is 5.69. The highest BCUT2D eigenvalue weighted by atomic mass is 16.5. The van der Waals surface area contributed by atoms with Gasteiger partial charge in [0, 0.05) is 6.42 Å². The van der Waals surface area contributed by atoms with Crippen molar-refractivity contribution < 1.29 is 33.5 Å². The van der Waals surface area contributed by atoms with Gasteiger partial charge < -0.3 is 15.8 Å². The number of imide groups is 2. The number of nitrogens with two attached hydrogens (primary N) is 1. The van der Waals surface area contributed by atoms with Gasteiger partial charge in [-0.05, 0) is 18.6 Å². The predicted molar refractivity (Wildman–Crippen MR) is 94.8 cm³/mol. The van der Waals surface area contributed by atoms with Gasteiger partial charge in [-0.25, -0.2) is 4.90 Å². The highest BCUT2D eigenvalue weighted by Gasteiger charge is 2.47. The molecule has 2 aliphatic rings. The SMILES string of the molecule is NCC(=O)NCC(=O)OCN1C(=O)CCC(N2C(=O)c3ccccc3C2=O)C1=O. The Morgan fingerprint density at radius 1 is 1.10 bits per heavy atom. The van der Waals surface area contributed by atoms with Crippen molar-refractivity contribution in [2.75, 3.05) is 19.8 Å². The standard InChI is InChI=1S/C18H18N4O7/c19-7-13(23)20-8-15(25)29-9-21-14(24)6-5-12(18(21)28)22-16(26)10-3-1-2-4-11(10)17(22)27/h1-4,12H,5-9,19H2,(H,20,23). The second-order valence-electron chi connectivity index (χ2n) is 6.37. The molecule has 0 spiro atoms. The number of carbonyl (C=O) groups excluding carboxylic acids is 6. The van der Waals surface area contributed by atoms with Crippen LogP contribution in [0.3, 0.4) is 0 Å². The van der Waals surface area contributed by atoms with E-state index in [4.69, 9.17) is 10.5 Å². The average Bonchev–Trinajstić information content (AvgIpc) is 2.97. The summed E-state index contributed by atoms with van der Waals surface area (Å²) in [6.45, 7) is -1.47. The summed E-state index contributed by atoms with van der Waals surface area (Å²) in [5, 5.41) is 2.19. The molecule has 2 aliphatic heterocycles. The van der Waals surface area contributed by atoms with Crippen LogP contribution in [0.15, 0.2) is 24.3 Å². The minimum absolute atomic E-state index is 0.0138. The number of ether oxygens (including phenoxy) is 1. The van der Waals surface area contributed by atoms with Crippen molar-refractivity contribution in [2.24, 2.45) is 5.73 Å². The predicted octanol–water partition coefficient (Wildman–Crippen LogP) is -1.62. The van der Waals surface area contributed by atoms with Crippen molar-refractivity contribution in [3.05, 3.63) is 35.4 Å². The summed E-state index contributed by atoms with van der Waals surface area (Å²) < 4.78 is 4.85. The van der Waals surface area contributed by atoms with E-state index in [1.54, 1.807) is 12.1 Å². The highest BCUT2D eigenvalue weighted by molar-refractivity contribution is 6.23. The maximum Gasteiger partial charge on any atom is 0.327 e. The number of hydrogen-bond donors (Lipinski definition) is 2. The molecule has 1 aromatic rings. The van der Waals surface area contributed by atoms with E-state index in [0.717, 1.165) is 4.90 Å². The zero-order valence-corrected chi connectivity index (χ0v) is 15.3. The minimum Gasteiger partial charge on any atom is -0.442 e. The molecule has 0 saturated carbocycles. The van der Waals surface area contributed by atoms with Crippen molar-refractivity contribution in [1.82, 2.24) is 15.1 Å². The van der Waals surface area contributed by atoms with Crippen molar-refractivity contribution in [2.45, 2.75) is 18.9 Å². The molecule has 0 bridgehead atoms. The first-order valence-corrected chi connectivity index (χ1v) is 8.78. The third kappa shape index (κ3) is 3.85. The lowest BCUT2D eigenvalue weighted by atomic mass is 10.0. The molecule has 1 fully saturated rings. The summed E-state index contributed by atoms with van der Waals surface area (Å²) >= 11 is 0. The van der Waals surface area contributed by atoms with Crippen LogP contribution >= 0.6 is 0 Å². The van der Waals surface area contributed by atoms with E-state index >= 15 is 0 Å². The molecule has 5 amide bonds. The number of hydrogen-bond acceptors (Lipinski definition) is 8. The molecule has 1 aromatic carbocycles. The fraction of sp³-hybridized carbons (Fsp3) is 0.333. The number of likely N-dealkylation sites (tertiary alicyclic amines) is 1. The van der Waals surface area contributed by atoms with E-state index in [1.165, 1.54) is 12.1 Å². The van der Waals surface area contributed by atoms with E-state index < -0.39 is 54.8 Å². The van der Waals surface area contributed by atoms with E-state index in [1.807, 2.05) is 0 Å². The van der Waals surface area contributed by atoms with Gasteiger partial charge in [-0.15, -0.1) is 0 Å². The Morgan fingerprint density at radius 3 is 2.31 bits per heavy atom. The third-order valence-electron chi connectivity index (χ3n) is 4.59. The molecular formula is C18H18N4O7. The molecule has 11 nitrogen and oxygen atoms in total. The number of fused-ring (bicyclic) bond motifs is 1. The number of benzene rings is 1. The van der Waals surface area contributed by atoms with Crippen LogP contribution in [0.5, 0.6) is 0 Å². The van der Waals surface area contributed by atoms with E-state index in [2.05, 4.69) is 5.32 Å². The zero-order valence-electron chi connectivity index (χ0n) is 15.3. The first-order chi connectivity index (χ1) is 13.8. The molecule has 152 valence electrons. The van der Waals surface area contributed by atoms with Crippen LogP contribution in [-0.4, -0.2) is 71.2 Å². The van der Waals surface area contributed by atoms with Gasteiger partial charge in [0.25, 0.3) is 17.7 Å². The Labute approximate surface area is 164 Å². The van der Waals surface area contributed by atoms with Crippen LogP contribution in [-0.2, 0) is 23.9 Å². The summed E-state index contributed by atoms with van der Waals surface area (Å²) in [7, 11) is 0. The second kappa shape index (κ2) is 8.19. The van der Waals surface area contributed by atoms with Gasteiger partial charge in [-0.2, -0.15) is 0 Å². The first kappa shape index (κ1) is 20.1. The molecule has 2 heterocycles. The summed E-state index contributed by atoms with van der Waals surface area (Å²) in [5.74, 6) is -4.08. The van der Waals surface area contributed by atoms with Gasteiger partial charge >= 0.3 is 5.97 Å². The topological polar surface area (TPSA) is 156 Å². The lowest BCUT2D eigenvalue weighted by molar-refractivity contribution is -0.163. The van der Waals surface area contributed by atoms with Crippen LogP contribution in [0, 0.1) is 0 Å². The number of piperidine rings is 1. The van der Waals surface area contributed by atoms with Crippen molar-refractivity contribution in [1.29, 1.82) is 0 Å². The normalized spacial score (nSPS) is 18.7. The Morgan fingerprint density at radius 2 is 1.72 bits per heavy atom. The molecule has 3 N–H and O–H groups in total. The second-order valence-corrected chi connectivity index (χ2v) is 6.37. The number of nitrogens with one attached hydrogen (secondary N) is 1. The van der Waals surface area contributed by atoms with Crippen LogP contribution in [0.25, 0.3) is 0 Å². The summed E-state index contributed by atoms with van der Waals surface area (Å²) in [4.78, 5) is 74.3. The highest BCUT2D eigenvalue weighted by Crippen LogP contribution is 2.28. The summed E-state index contributed by atoms with van der Waals surface area (Å²) in [6, 6.07) is 5.02. The zero-order chi connectivity index (χ0) is 21.1. The maximum absolute atomic E-state index is 12.8. The number of rotatable bonds is 6. The molecule has 3 rings (SSSR count). The fourth-order valence-corrected chi connectivity index (χ4v) is 3.12. The fourth-order valence-electron chi connectivity index (χ4n) is 3.12. The lowest BCUT2D eigenvalue weighted by Gasteiger charge is -2.33. The van der Waals surface area contributed by atoms with Crippen LogP contribution < -0.4 is 11.1 Å². The summed E-state index contributed by atoms with van der Waals surface area (Å²) in [5.41, 5.74) is 5.47.